The molecule has 1 aromatic rings. The zero-order valence-corrected chi connectivity index (χ0v) is 13.2. The highest BCUT2D eigenvalue weighted by atomic mass is 79.9. The predicted octanol–water partition coefficient (Wildman–Crippen LogP) is 2.46. The van der Waals surface area contributed by atoms with Crippen molar-refractivity contribution in [3.63, 3.8) is 0 Å². The zero-order valence-electron chi connectivity index (χ0n) is 11.6. The van der Waals surface area contributed by atoms with Gasteiger partial charge in [-0.1, -0.05) is 13.0 Å². The molecule has 106 valence electrons. The fourth-order valence-electron chi connectivity index (χ4n) is 1.71. The summed E-state index contributed by atoms with van der Waals surface area (Å²) in [6, 6.07) is 5.64. The van der Waals surface area contributed by atoms with E-state index in [1.807, 2.05) is 37.1 Å². The van der Waals surface area contributed by atoms with Crippen molar-refractivity contribution in [3.8, 4) is 0 Å². The summed E-state index contributed by atoms with van der Waals surface area (Å²) in [6.45, 7) is 4.76. The lowest BCUT2D eigenvalue weighted by atomic mass is 10.1. The van der Waals surface area contributed by atoms with Crippen molar-refractivity contribution < 1.29 is 9.90 Å². The van der Waals surface area contributed by atoms with Crippen molar-refractivity contribution in [2.24, 2.45) is 0 Å². The van der Waals surface area contributed by atoms with Crippen LogP contribution in [0, 0.1) is 0 Å². The zero-order chi connectivity index (χ0) is 14.4. The molecule has 0 bridgehead atoms. The molecule has 1 atom stereocenters. The molecule has 1 unspecified atom stereocenters. The van der Waals surface area contributed by atoms with Crippen LogP contribution < -0.4 is 10.2 Å². The Hall–Kier alpha value is -1.07. The SMILES string of the molecule is CCCNC(=O)CN(C)c1ccc(C(C)O)cc1Br. The van der Waals surface area contributed by atoms with E-state index >= 15 is 0 Å². The summed E-state index contributed by atoms with van der Waals surface area (Å²) in [5.41, 5.74) is 1.77. The van der Waals surface area contributed by atoms with Gasteiger partial charge in [0, 0.05) is 18.1 Å². The molecular weight excluding hydrogens is 308 g/mol. The van der Waals surface area contributed by atoms with Crippen LogP contribution in [0.25, 0.3) is 0 Å². The van der Waals surface area contributed by atoms with Gasteiger partial charge in [-0.3, -0.25) is 4.79 Å². The number of aliphatic hydroxyl groups is 1. The summed E-state index contributed by atoms with van der Waals surface area (Å²) in [6.07, 6.45) is 0.436. The minimum atomic E-state index is -0.497. The van der Waals surface area contributed by atoms with Crippen LogP contribution in [0.4, 0.5) is 5.69 Å². The molecule has 0 aliphatic rings. The smallest absolute Gasteiger partial charge is 0.239 e. The van der Waals surface area contributed by atoms with Gasteiger partial charge < -0.3 is 15.3 Å². The van der Waals surface area contributed by atoms with E-state index in [2.05, 4.69) is 21.2 Å². The number of amides is 1. The Bertz CT molecular complexity index is 435. The van der Waals surface area contributed by atoms with Gasteiger partial charge in [0.15, 0.2) is 0 Å². The van der Waals surface area contributed by atoms with E-state index in [1.165, 1.54) is 0 Å². The second kappa shape index (κ2) is 7.50. The maximum atomic E-state index is 11.7. The molecule has 0 aliphatic heterocycles. The average Bonchev–Trinajstić information content (AvgIpc) is 2.35. The molecule has 0 heterocycles. The summed E-state index contributed by atoms with van der Waals surface area (Å²) in [4.78, 5) is 13.5. The van der Waals surface area contributed by atoms with Crippen molar-refractivity contribution in [1.29, 1.82) is 0 Å². The molecule has 0 aromatic heterocycles. The molecule has 2 N–H and O–H groups in total. The fourth-order valence-corrected chi connectivity index (χ4v) is 2.41. The summed E-state index contributed by atoms with van der Waals surface area (Å²) < 4.78 is 0.872. The average molecular weight is 329 g/mol. The molecule has 0 saturated heterocycles. The standard InChI is InChI=1S/C14H21BrN2O2/c1-4-7-16-14(19)9-17(3)13-6-5-11(10(2)18)8-12(13)15/h5-6,8,10,18H,4,7,9H2,1-3H3,(H,16,19). The number of aliphatic hydroxyl groups excluding tert-OH is 1. The first-order valence-corrected chi connectivity index (χ1v) is 7.20. The normalized spacial score (nSPS) is 12.1. The number of benzene rings is 1. The number of hydrogen-bond donors (Lipinski definition) is 2. The van der Waals surface area contributed by atoms with Crippen molar-refractivity contribution in [2.45, 2.75) is 26.4 Å². The second-order valence-electron chi connectivity index (χ2n) is 4.59. The molecule has 1 amide bonds. The third-order valence-electron chi connectivity index (χ3n) is 2.82. The molecule has 0 aliphatic carbocycles. The Kier molecular flexibility index (Phi) is 6.31. The summed E-state index contributed by atoms with van der Waals surface area (Å²) in [5.74, 6) is 0.0100. The molecular formula is C14H21BrN2O2. The lowest BCUT2D eigenvalue weighted by Gasteiger charge is -2.21. The number of nitrogens with one attached hydrogen (secondary N) is 1. The van der Waals surface area contributed by atoms with Crippen molar-refractivity contribution in [2.75, 3.05) is 25.0 Å². The number of rotatable bonds is 6. The van der Waals surface area contributed by atoms with Crippen LogP contribution in [-0.4, -0.2) is 31.2 Å². The first-order valence-electron chi connectivity index (χ1n) is 6.41. The minimum Gasteiger partial charge on any atom is -0.389 e. The van der Waals surface area contributed by atoms with Crippen LogP contribution in [-0.2, 0) is 4.79 Å². The molecule has 4 nitrogen and oxygen atoms in total. The number of halogens is 1. The van der Waals surface area contributed by atoms with Gasteiger partial charge in [0.25, 0.3) is 0 Å². The topological polar surface area (TPSA) is 52.6 Å². The first-order chi connectivity index (χ1) is 8.95. The molecule has 19 heavy (non-hydrogen) atoms. The monoisotopic (exact) mass is 328 g/mol. The van der Waals surface area contributed by atoms with Crippen LogP contribution in [0.15, 0.2) is 22.7 Å². The minimum absolute atomic E-state index is 0.0100. The van der Waals surface area contributed by atoms with Gasteiger partial charge in [0.2, 0.25) is 5.91 Å². The number of anilines is 1. The van der Waals surface area contributed by atoms with E-state index in [9.17, 15) is 9.90 Å². The van der Waals surface area contributed by atoms with E-state index in [4.69, 9.17) is 0 Å². The largest absolute Gasteiger partial charge is 0.389 e. The third-order valence-corrected chi connectivity index (χ3v) is 3.45. The maximum Gasteiger partial charge on any atom is 0.239 e. The molecule has 5 heteroatoms. The number of nitrogens with zero attached hydrogens (tertiary/aromatic N) is 1. The van der Waals surface area contributed by atoms with Crippen molar-refractivity contribution in [1.82, 2.24) is 5.32 Å². The van der Waals surface area contributed by atoms with E-state index < -0.39 is 6.10 Å². The summed E-state index contributed by atoms with van der Waals surface area (Å²) >= 11 is 3.47. The van der Waals surface area contributed by atoms with Gasteiger partial charge in [-0.2, -0.15) is 0 Å². The Morgan fingerprint density at radius 1 is 1.53 bits per heavy atom. The van der Waals surface area contributed by atoms with E-state index in [1.54, 1.807) is 6.92 Å². The third kappa shape index (κ3) is 4.84. The molecule has 1 rings (SSSR count). The number of carbonyl (C=O) groups is 1. The second-order valence-corrected chi connectivity index (χ2v) is 5.45. The van der Waals surface area contributed by atoms with Crippen LogP contribution in [0.2, 0.25) is 0 Å². The van der Waals surface area contributed by atoms with Crippen molar-refractivity contribution >= 4 is 27.5 Å². The lowest BCUT2D eigenvalue weighted by Crippen LogP contribution is -2.35. The van der Waals surface area contributed by atoms with Crippen molar-refractivity contribution in [3.05, 3.63) is 28.2 Å². The highest BCUT2D eigenvalue weighted by Crippen LogP contribution is 2.28. The van der Waals surface area contributed by atoms with Crippen LogP contribution in [0.1, 0.15) is 31.9 Å². The van der Waals surface area contributed by atoms with Gasteiger partial charge in [0.05, 0.1) is 18.3 Å². The lowest BCUT2D eigenvalue weighted by molar-refractivity contribution is -0.119. The van der Waals surface area contributed by atoms with E-state index in [0.29, 0.717) is 13.1 Å². The highest BCUT2D eigenvalue weighted by molar-refractivity contribution is 9.10. The van der Waals surface area contributed by atoms with Gasteiger partial charge in [-0.15, -0.1) is 0 Å². The number of carbonyl (C=O) groups excluding carboxylic acids is 1. The van der Waals surface area contributed by atoms with Crippen LogP contribution in [0.3, 0.4) is 0 Å². The van der Waals surface area contributed by atoms with E-state index in [0.717, 1.165) is 22.1 Å². The van der Waals surface area contributed by atoms with Gasteiger partial charge in [-0.05, 0) is 47.0 Å². The molecule has 0 radical (unpaired) electrons. The Balaban J connectivity index is 2.71. The van der Waals surface area contributed by atoms with Crippen LogP contribution in [0.5, 0.6) is 0 Å². The summed E-state index contributed by atoms with van der Waals surface area (Å²) in [5, 5.41) is 12.4. The molecule has 1 aromatic carbocycles. The van der Waals surface area contributed by atoms with E-state index in [-0.39, 0.29) is 5.91 Å². The van der Waals surface area contributed by atoms with Gasteiger partial charge in [0.1, 0.15) is 0 Å². The maximum absolute atomic E-state index is 11.7. The highest BCUT2D eigenvalue weighted by Gasteiger charge is 2.11. The molecule has 0 saturated carbocycles. The number of hydrogen-bond acceptors (Lipinski definition) is 3. The Morgan fingerprint density at radius 2 is 2.21 bits per heavy atom. The predicted molar refractivity (Wildman–Crippen MR) is 81.3 cm³/mol. The van der Waals surface area contributed by atoms with Crippen LogP contribution >= 0.6 is 15.9 Å². The quantitative estimate of drug-likeness (QED) is 0.843. The first kappa shape index (κ1) is 16.0. The van der Waals surface area contributed by atoms with Gasteiger partial charge in [-0.25, -0.2) is 0 Å². The number of likely N-dealkylation sites (N-methyl/N-ethyl adjacent to an activating group) is 1. The Morgan fingerprint density at radius 3 is 2.74 bits per heavy atom. The molecule has 0 fully saturated rings. The fraction of sp³-hybridized carbons (Fsp3) is 0.500. The molecule has 0 spiro atoms. The van der Waals surface area contributed by atoms with Gasteiger partial charge >= 0.3 is 0 Å². The Labute approximate surface area is 122 Å². The summed E-state index contributed by atoms with van der Waals surface area (Å²) in [7, 11) is 1.87.